The summed E-state index contributed by atoms with van der Waals surface area (Å²) in [6.07, 6.45) is -3.58. The molecule has 0 aliphatic carbocycles. The average Bonchev–Trinajstić information content (AvgIpc) is 2.21. The van der Waals surface area contributed by atoms with Gasteiger partial charge in [0.25, 0.3) is 11.8 Å². The van der Waals surface area contributed by atoms with Gasteiger partial charge in [0.2, 0.25) is 0 Å². The maximum absolute atomic E-state index is 13.3. The molecule has 0 bridgehead atoms. The van der Waals surface area contributed by atoms with E-state index in [1.807, 2.05) is 0 Å². The third-order valence-corrected chi connectivity index (χ3v) is 2.28. The number of carbonyl (C=O) groups excluding carboxylic acids is 2. The fourth-order valence-electron chi connectivity index (χ4n) is 1.45. The number of esters is 2. The van der Waals surface area contributed by atoms with Crippen molar-refractivity contribution in [3.63, 3.8) is 0 Å². The summed E-state index contributed by atoms with van der Waals surface area (Å²) >= 11 is 0. The highest BCUT2D eigenvalue weighted by Crippen LogP contribution is 2.35. The number of ether oxygens (including phenoxy) is 2. The maximum Gasteiger partial charge on any atom is 0.302 e. The average molecular weight is 302 g/mol. The molecule has 8 heteroatoms. The molecule has 0 unspecified atom stereocenters. The summed E-state index contributed by atoms with van der Waals surface area (Å²) in [6, 6.07) is 0. The topological polar surface area (TPSA) is 52.6 Å². The van der Waals surface area contributed by atoms with Crippen molar-refractivity contribution in [1.29, 1.82) is 0 Å². The van der Waals surface area contributed by atoms with Gasteiger partial charge >= 0.3 is 11.9 Å². The standard InChI is InChI=1S/C12H18F4O4/c1-9(17)19-6-3-4-11(13,14)8-12(15,16)5-7-20-10(2)18/h3-8H2,1-2H3. The molecule has 0 fully saturated rings. The summed E-state index contributed by atoms with van der Waals surface area (Å²) in [6.45, 7) is 1.33. The molecule has 0 N–H and O–H groups in total. The smallest absolute Gasteiger partial charge is 0.302 e. The lowest BCUT2D eigenvalue weighted by atomic mass is 10.0. The lowest BCUT2D eigenvalue weighted by Gasteiger charge is -2.23. The minimum atomic E-state index is -3.62. The van der Waals surface area contributed by atoms with E-state index in [-0.39, 0.29) is 13.0 Å². The second-order valence-electron chi connectivity index (χ2n) is 4.42. The second kappa shape index (κ2) is 8.06. The number of carbonyl (C=O) groups is 2. The van der Waals surface area contributed by atoms with Crippen LogP contribution in [0.5, 0.6) is 0 Å². The predicted octanol–water partition coefficient (Wildman–Crippen LogP) is 2.94. The van der Waals surface area contributed by atoms with Gasteiger partial charge in [-0.15, -0.1) is 0 Å². The summed E-state index contributed by atoms with van der Waals surface area (Å²) < 4.78 is 61.8. The summed E-state index contributed by atoms with van der Waals surface area (Å²) in [5.41, 5.74) is 0. The molecule has 0 spiro atoms. The number of rotatable bonds is 9. The number of halogens is 4. The number of alkyl halides is 4. The lowest BCUT2D eigenvalue weighted by molar-refractivity contribution is -0.149. The van der Waals surface area contributed by atoms with Crippen molar-refractivity contribution in [1.82, 2.24) is 0 Å². The van der Waals surface area contributed by atoms with E-state index < -0.39 is 49.7 Å². The zero-order valence-electron chi connectivity index (χ0n) is 11.4. The van der Waals surface area contributed by atoms with E-state index >= 15 is 0 Å². The highest BCUT2D eigenvalue weighted by atomic mass is 19.3. The highest BCUT2D eigenvalue weighted by molar-refractivity contribution is 5.66. The Labute approximate surface area is 114 Å². The zero-order valence-corrected chi connectivity index (χ0v) is 11.4. The molecule has 0 rings (SSSR count). The third-order valence-electron chi connectivity index (χ3n) is 2.28. The van der Waals surface area contributed by atoms with Gasteiger partial charge in [0.15, 0.2) is 0 Å². The summed E-state index contributed by atoms with van der Waals surface area (Å²) in [5.74, 6) is -8.55. The van der Waals surface area contributed by atoms with E-state index in [1.165, 1.54) is 0 Å². The Kier molecular flexibility index (Phi) is 7.52. The first-order valence-corrected chi connectivity index (χ1v) is 6.06. The van der Waals surface area contributed by atoms with E-state index in [2.05, 4.69) is 9.47 Å². The number of hydrogen-bond donors (Lipinski definition) is 0. The lowest BCUT2D eigenvalue weighted by Crippen LogP contribution is -2.30. The van der Waals surface area contributed by atoms with Crippen molar-refractivity contribution in [3.05, 3.63) is 0 Å². The van der Waals surface area contributed by atoms with Gasteiger partial charge in [0.1, 0.15) is 0 Å². The Bertz CT molecular complexity index is 331. The van der Waals surface area contributed by atoms with Crippen LogP contribution in [0.3, 0.4) is 0 Å². The van der Waals surface area contributed by atoms with Gasteiger partial charge in [-0.05, 0) is 6.42 Å². The van der Waals surface area contributed by atoms with Crippen LogP contribution >= 0.6 is 0 Å². The molecular weight excluding hydrogens is 284 g/mol. The molecular formula is C12H18F4O4. The Morgan fingerprint density at radius 1 is 0.850 bits per heavy atom. The molecule has 0 aromatic carbocycles. The Morgan fingerprint density at radius 2 is 1.30 bits per heavy atom. The van der Waals surface area contributed by atoms with Crippen molar-refractivity contribution >= 4 is 11.9 Å². The molecule has 0 saturated carbocycles. The predicted molar refractivity (Wildman–Crippen MR) is 61.6 cm³/mol. The Balaban J connectivity index is 4.07. The fraction of sp³-hybridized carbons (Fsp3) is 0.833. The quantitative estimate of drug-likeness (QED) is 0.373. The van der Waals surface area contributed by atoms with Crippen LogP contribution in [0.25, 0.3) is 0 Å². The van der Waals surface area contributed by atoms with Crippen LogP contribution in [0.1, 0.15) is 39.5 Å². The summed E-state index contributed by atoms with van der Waals surface area (Å²) in [5, 5.41) is 0. The fourth-order valence-corrected chi connectivity index (χ4v) is 1.45. The van der Waals surface area contributed by atoms with Gasteiger partial charge in [0.05, 0.1) is 19.6 Å². The van der Waals surface area contributed by atoms with Gasteiger partial charge in [-0.25, -0.2) is 17.6 Å². The van der Waals surface area contributed by atoms with Gasteiger partial charge in [-0.1, -0.05) is 0 Å². The van der Waals surface area contributed by atoms with Crippen LogP contribution in [-0.2, 0) is 19.1 Å². The van der Waals surface area contributed by atoms with Crippen LogP contribution in [-0.4, -0.2) is 37.0 Å². The Hall–Kier alpha value is -1.34. The van der Waals surface area contributed by atoms with Crippen molar-refractivity contribution in [2.24, 2.45) is 0 Å². The molecule has 0 aromatic rings. The second-order valence-corrected chi connectivity index (χ2v) is 4.42. The molecule has 0 atom stereocenters. The van der Waals surface area contributed by atoms with Gasteiger partial charge in [-0.3, -0.25) is 9.59 Å². The van der Waals surface area contributed by atoms with Gasteiger partial charge < -0.3 is 9.47 Å². The van der Waals surface area contributed by atoms with Crippen LogP contribution < -0.4 is 0 Å². The van der Waals surface area contributed by atoms with Gasteiger partial charge in [-0.2, -0.15) is 0 Å². The summed E-state index contributed by atoms with van der Waals surface area (Å²) in [4.78, 5) is 20.8. The van der Waals surface area contributed by atoms with E-state index in [0.29, 0.717) is 0 Å². The Morgan fingerprint density at radius 3 is 1.80 bits per heavy atom. The molecule has 0 aliphatic heterocycles. The normalized spacial score (nSPS) is 12.1. The van der Waals surface area contributed by atoms with Crippen LogP contribution in [0.15, 0.2) is 0 Å². The molecule has 118 valence electrons. The third kappa shape index (κ3) is 10.6. The molecule has 0 aromatic heterocycles. The van der Waals surface area contributed by atoms with E-state index in [9.17, 15) is 27.2 Å². The maximum atomic E-state index is 13.3. The summed E-state index contributed by atoms with van der Waals surface area (Å²) in [7, 11) is 0. The SMILES string of the molecule is CC(=O)OCCCC(F)(F)CC(F)(F)CCOC(C)=O. The molecule has 0 amide bonds. The van der Waals surface area contributed by atoms with E-state index in [1.54, 1.807) is 0 Å². The van der Waals surface area contributed by atoms with Crippen molar-refractivity contribution < 1.29 is 36.6 Å². The minimum absolute atomic E-state index is 0.202. The van der Waals surface area contributed by atoms with E-state index in [4.69, 9.17) is 0 Å². The van der Waals surface area contributed by atoms with Gasteiger partial charge in [0, 0.05) is 26.7 Å². The van der Waals surface area contributed by atoms with Crippen molar-refractivity contribution in [3.8, 4) is 0 Å². The minimum Gasteiger partial charge on any atom is -0.466 e. The first-order chi connectivity index (χ1) is 9.04. The highest BCUT2D eigenvalue weighted by Gasteiger charge is 2.42. The molecule has 0 saturated heterocycles. The molecule has 0 aliphatic rings. The van der Waals surface area contributed by atoms with Crippen LogP contribution in [0, 0.1) is 0 Å². The molecule has 0 radical (unpaired) electrons. The van der Waals surface area contributed by atoms with Crippen molar-refractivity contribution in [2.75, 3.05) is 13.2 Å². The first kappa shape index (κ1) is 18.7. The zero-order chi connectivity index (χ0) is 15.8. The van der Waals surface area contributed by atoms with Crippen LogP contribution in [0.2, 0.25) is 0 Å². The largest absolute Gasteiger partial charge is 0.466 e. The molecule has 20 heavy (non-hydrogen) atoms. The first-order valence-electron chi connectivity index (χ1n) is 6.06. The van der Waals surface area contributed by atoms with Crippen LogP contribution in [0.4, 0.5) is 17.6 Å². The molecule has 4 nitrogen and oxygen atoms in total. The molecule has 0 heterocycles. The van der Waals surface area contributed by atoms with E-state index in [0.717, 1.165) is 13.8 Å². The monoisotopic (exact) mass is 302 g/mol. The van der Waals surface area contributed by atoms with Crippen molar-refractivity contribution in [2.45, 2.75) is 51.4 Å². The number of hydrogen-bond acceptors (Lipinski definition) is 4.